The number of nitrogens with one attached hydrogen (secondary N) is 2. The van der Waals surface area contributed by atoms with Crippen molar-refractivity contribution < 1.29 is 28.7 Å². The lowest BCUT2D eigenvalue weighted by atomic mass is 10.2. The molecular formula is C29H27N3O6S. The number of hydrogen-bond acceptors (Lipinski definition) is 7. The molecule has 0 atom stereocenters. The first-order chi connectivity index (χ1) is 18.7. The van der Waals surface area contributed by atoms with Crippen molar-refractivity contribution in [3.63, 3.8) is 0 Å². The van der Waals surface area contributed by atoms with Crippen molar-refractivity contribution in [3.8, 4) is 11.5 Å². The molecule has 9 nitrogen and oxygen atoms in total. The van der Waals surface area contributed by atoms with Gasteiger partial charge in [-0.25, -0.2) is 0 Å². The van der Waals surface area contributed by atoms with E-state index in [-0.39, 0.29) is 17.4 Å². The average molecular weight is 546 g/mol. The van der Waals surface area contributed by atoms with E-state index in [1.807, 2.05) is 44.2 Å². The van der Waals surface area contributed by atoms with E-state index in [9.17, 15) is 19.2 Å². The summed E-state index contributed by atoms with van der Waals surface area (Å²) in [4.78, 5) is 51.3. The molecule has 1 aliphatic heterocycles. The van der Waals surface area contributed by atoms with Gasteiger partial charge in [-0.3, -0.25) is 24.1 Å². The SMILES string of the molecule is COc1cc(/C=C2\SC(=O)N(CC(=O)Nc3ccccc3C)C2=O)ccc1OCC(=O)Nc1ccccc1C. The average Bonchev–Trinajstić information content (AvgIpc) is 3.17. The van der Waals surface area contributed by atoms with Gasteiger partial charge in [-0.1, -0.05) is 42.5 Å². The Bertz CT molecular complexity index is 1470. The number of ether oxygens (including phenoxy) is 2. The molecular weight excluding hydrogens is 518 g/mol. The van der Waals surface area contributed by atoms with Crippen molar-refractivity contribution in [2.75, 3.05) is 30.9 Å². The molecule has 1 fully saturated rings. The summed E-state index contributed by atoms with van der Waals surface area (Å²) in [5.74, 6) is -0.657. The molecule has 3 aromatic carbocycles. The van der Waals surface area contributed by atoms with Gasteiger partial charge in [0.1, 0.15) is 6.54 Å². The molecule has 0 bridgehead atoms. The summed E-state index contributed by atoms with van der Waals surface area (Å²) in [5.41, 5.74) is 3.71. The number of thioether (sulfide) groups is 1. The molecule has 0 radical (unpaired) electrons. The van der Waals surface area contributed by atoms with E-state index in [2.05, 4.69) is 10.6 Å². The Morgan fingerprint density at radius 1 is 0.872 bits per heavy atom. The number of carbonyl (C=O) groups is 4. The third-order valence-electron chi connectivity index (χ3n) is 5.86. The van der Waals surface area contributed by atoms with Gasteiger partial charge < -0.3 is 20.1 Å². The highest BCUT2D eigenvalue weighted by atomic mass is 32.2. The van der Waals surface area contributed by atoms with Crippen molar-refractivity contribution in [2.45, 2.75) is 13.8 Å². The van der Waals surface area contributed by atoms with Gasteiger partial charge in [0, 0.05) is 11.4 Å². The van der Waals surface area contributed by atoms with Crippen LogP contribution in [0.3, 0.4) is 0 Å². The second kappa shape index (κ2) is 12.3. The fraction of sp³-hybridized carbons (Fsp3) is 0.172. The maximum absolute atomic E-state index is 12.9. The van der Waals surface area contributed by atoms with Crippen molar-refractivity contribution in [3.05, 3.63) is 88.3 Å². The maximum atomic E-state index is 12.9. The molecule has 0 aromatic heterocycles. The van der Waals surface area contributed by atoms with Crippen molar-refractivity contribution in [2.24, 2.45) is 0 Å². The number of amides is 4. The molecule has 0 saturated carbocycles. The first kappa shape index (κ1) is 27.5. The number of para-hydroxylation sites is 2. The van der Waals surface area contributed by atoms with Crippen molar-refractivity contribution >= 4 is 52.2 Å². The van der Waals surface area contributed by atoms with Gasteiger partial charge in [-0.15, -0.1) is 0 Å². The first-order valence-corrected chi connectivity index (χ1v) is 12.8. The first-order valence-electron chi connectivity index (χ1n) is 12.0. The van der Waals surface area contributed by atoms with E-state index >= 15 is 0 Å². The Kier molecular flexibility index (Phi) is 8.67. The van der Waals surface area contributed by atoms with Crippen LogP contribution < -0.4 is 20.1 Å². The molecule has 2 N–H and O–H groups in total. The van der Waals surface area contributed by atoms with Gasteiger partial charge in [0.05, 0.1) is 12.0 Å². The number of methoxy groups -OCH3 is 1. The predicted octanol–water partition coefficient (Wildman–Crippen LogP) is 5.00. The van der Waals surface area contributed by atoms with Crippen LogP contribution in [0.15, 0.2) is 71.6 Å². The third-order valence-corrected chi connectivity index (χ3v) is 6.77. The number of imide groups is 1. The Hall–Kier alpha value is -4.57. The normalized spacial score (nSPS) is 13.9. The van der Waals surface area contributed by atoms with Gasteiger partial charge in [-0.05, 0) is 72.6 Å². The molecule has 200 valence electrons. The molecule has 39 heavy (non-hydrogen) atoms. The number of hydrogen-bond donors (Lipinski definition) is 2. The highest BCUT2D eigenvalue weighted by Gasteiger charge is 2.36. The number of anilines is 2. The number of benzene rings is 3. The Labute approximate surface area is 230 Å². The summed E-state index contributed by atoms with van der Waals surface area (Å²) >= 11 is 0.755. The quantitative estimate of drug-likeness (QED) is 0.364. The van der Waals surface area contributed by atoms with E-state index in [0.717, 1.165) is 27.8 Å². The smallest absolute Gasteiger partial charge is 0.294 e. The van der Waals surface area contributed by atoms with E-state index in [0.29, 0.717) is 28.4 Å². The highest BCUT2D eigenvalue weighted by molar-refractivity contribution is 8.18. The lowest BCUT2D eigenvalue weighted by Crippen LogP contribution is -2.36. The van der Waals surface area contributed by atoms with E-state index in [4.69, 9.17) is 9.47 Å². The molecule has 1 saturated heterocycles. The Balaban J connectivity index is 1.39. The topological polar surface area (TPSA) is 114 Å². The van der Waals surface area contributed by atoms with Gasteiger partial charge >= 0.3 is 0 Å². The van der Waals surface area contributed by atoms with Gasteiger partial charge in [0.2, 0.25) is 5.91 Å². The summed E-state index contributed by atoms with van der Waals surface area (Å²) < 4.78 is 11.0. The third kappa shape index (κ3) is 6.85. The zero-order valence-electron chi connectivity index (χ0n) is 21.6. The number of rotatable bonds is 9. The molecule has 10 heteroatoms. The molecule has 0 spiro atoms. The number of nitrogens with zero attached hydrogens (tertiary/aromatic N) is 1. The van der Waals surface area contributed by atoms with Crippen LogP contribution in [0.4, 0.5) is 16.2 Å². The van der Waals surface area contributed by atoms with Crippen LogP contribution in [0, 0.1) is 13.8 Å². The van der Waals surface area contributed by atoms with Gasteiger partial charge in [0.25, 0.3) is 17.1 Å². The highest BCUT2D eigenvalue weighted by Crippen LogP contribution is 2.34. The molecule has 4 amide bonds. The molecule has 1 heterocycles. The fourth-order valence-electron chi connectivity index (χ4n) is 3.77. The fourth-order valence-corrected chi connectivity index (χ4v) is 4.61. The molecule has 3 aromatic rings. The second-order valence-corrected chi connectivity index (χ2v) is 9.69. The molecule has 1 aliphatic rings. The van der Waals surface area contributed by atoms with Crippen LogP contribution in [-0.2, 0) is 14.4 Å². The molecule has 0 aliphatic carbocycles. The van der Waals surface area contributed by atoms with Crippen molar-refractivity contribution in [1.82, 2.24) is 4.90 Å². The number of carbonyl (C=O) groups excluding carboxylic acids is 4. The molecule has 0 unspecified atom stereocenters. The van der Waals surface area contributed by atoms with E-state index in [1.165, 1.54) is 7.11 Å². The van der Waals surface area contributed by atoms with Crippen LogP contribution >= 0.6 is 11.8 Å². The minimum atomic E-state index is -0.558. The maximum Gasteiger partial charge on any atom is 0.294 e. The zero-order valence-corrected chi connectivity index (χ0v) is 22.5. The summed E-state index contributed by atoms with van der Waals surface area (Å²) in [5, 5.41) is 5.00. The van der Waals surface area contributed by atoms with E-state index in [1.54, 1.807) is 42.5 Å². The number of aryl methyl sites for hydroxylation is 2. The summed E-state index contributed by atoms with van der Waals surface area (Å²) in [7, 11) is 1.46. The summed E-state index contributed by atoms with van der Waals surface area (Å²) in [6.45, 7) is 3.13. The lowest BCUT2D eigenvalue weighted by Gasteiger charge is -2.13. The van der Waals surface area contributed by atoms with Crippen LogP contribution in [0.25, 0.3) is 6.08 Å². The van der Waals surface area contributed by atoms with Crippen LogP contribution in [0.5, 0.6) is 11.5 Å². The minimum Gasteiger partial charge on any atom is -0.493 e. The largest absolute Gasteiger partial charge is 0.493 e. The minimum absolute atomic E-state index is 0.178. The Morgan fingerprint density at radius 2 is 1.49 bits per heavy atom. The Morgan fingerprint density at radius 3 is 2.10 bits per heavy atom. The van der Waals surface area contributed by atoms with Gasteiger partial charge in [0.15, 0.2) is 18.1 Å². The second-order valence-electron chi connectivity index (χ2n) is 8.69. The predicted molar refractivity (Wildman–Crippen MR) is 151 cm³/mol. The van der Waals surface area contributed by atoms with Crippen LogP contribution in [-0.4, -0.2) is 48.1 Å². The summed E-state index contributed by atoms with van der Waals surface area (Å²) in [6.07, 6.45) is 1.54. The standard InChI is InChI=1S/C29H27N3O6S/c1-18-8-4-6-10-21(18)30-26(33)16-32-28(35)25(39-29(32)36)15-20-12-13-23(24(14-20)37-3)38-17-27(34)31-22-11-7-5-9-19(22)2/h4-15H,16-17H2,1-3H3,(H,30,33)(H,31,34)/b25-15-. The van der Waals surface area contributed by atoms with Crippen LogP contribution in [0.1, 0.15) is 16.7 Å². The van der Waals surface area contributed by atoms with Crippen molar-refractivity contribution in [1.29, 1.82) is 0 Å². The van der Waals surface area contributed by atoms with Gasteiger partial charge in [-0.2, -0.15) is 0 Å². The summed E-state index contributed by atoms with van der Waals surface area (Å²) in [6, 6.07) is 19.6. The monoisotopic (exact) mass is 545 g/mol. The zero-order chi connectivity index (χ0) is 27.9. The molecule has 4 rings (SSSR count). The van der Waals surface area contributed by atoms with Crippen LogP contribution in [0.2, 0.25) is 0 Å². The van der Waals surface area contributed by atoms with E-state index < -0.39 is 23.6 Å². The lowest BCUT2D eigenvalue weighted by molar-refractivity contribution is -0.127.